The van der Waals surface area contributed by atoms with Crippen molar-refractivity contribution in [2.45, 2.75) is 18.6 Å². The lowest BCUT2D eigenvalue weighted by atomic mass is 10.2. The van der Waals surface area contributed by atoms with E-state index in [1.54, 1.807) is 30.3 Å². The number of pyridine rings is 1. The molecule has 2 N–H and O–H groups in total. The Morgan fingerprint density at radius 3 is 2.54 bits per heavy atom. The van der Waals surface area contributed by atoms with Crippen molar-refractivity contribution in [2.75, 3.05) is 24.5 Å². The van der Waals surface area contributed by atoms with E-state index in [9.17, 15) is 22.8 Å². The second-order valence-electron chi connectivity index (χ2n) is 6.45. The maximum atomic E-state index is 12.6. The van der Waals surface area contributed by atoms with Crippen LogP contribution in [0.3, 0.4) is 0 Å². The van der Waals surface area contributed by atoms with Crippen LogP contribution in [-0.2, 0) is 11.0 Å². The van der Waals surface area contributed by atoms with E-state index in [-0.39, 0.29) is 24.4 Å². The second kappa shape index (κ2) is 8.28. The Bertz CT molecular complexity index is 825. The van der Waals surface area contributed by atoms with Crippen molar-refractivity contribution in [3.63, 3.8) is 0 Å². The summed E-state index contributed by atoms with van der Waals surface area (Å²) in [6.07, 6.45) is -2.97. The molecule has 2 amide bonds. The first-order valence-electron chi connectivity index (χ1n) is 8.74. The monoisotopic (exact) mass is 392 g/mol. The van der Waals surface area contributed by atoms with Crippen molar-refractivity contribution in [1.29, 1.82) is 0 Å². The van der Waals surface area contributed by atoms with Crippen LogP contribution >= 0.6 is 0 Å². The van der Waals surface area contributed by atoms with Crippen molar-refractivity contribution < 1.29 is 22.8 Å². The first-order valence-corrected chi connectivity index (χ1v) is 8.74. The molecule has 9 heteroatoms. The molecule has 2 heterocycles. The number of benzene rings is 1. The van der Waals surface area contributed by atoms with Crippen molar-refractivity contribution in [3.8, 4) is 0 Å². The summed E-state index contributed by atoms with van der Waals surface area (Å²) in [6, 6.07) is 10.7. The lowest BCUT2D eigenvalue weighted by Crippen LogP contribution is -2.43. The number of aromatic nitrogens is 1. The Labute approximate surface area is 159 Å². The first-order chi connectivity index (χ1) is 13.3. The number of nitrogens with one attached hydrogen (secondary N) is 2. The summed E-state index contributed by atoms with van der Waals surface area (Å²) >= 11 is 0. The predicted octanol–water partition coefficient (Wildman–Crippen LogP) is 2.23. The first kappa shape index (κ1) is 19.7. The van der Waals surface area contributed by atoms with Gasteiger partial charge in [-0.1, -0.05) is 18.2 Å². The van der Waals surface area contributed by atoms with Gasteiger partial charge in [-0.05, 0) is 30.7 Å². The number of anilines is 1. The topological polar surface area (TPSA) is 74.3 Å². The molecule has 1 saturated heterocycles. The number of amides is 2. The van der Waals surface area contributed by atoms with E-state index in [4.69, 9.17) is 0 Å². The highest BCUT2D eigenvalue weighted by Gasteiger charge is 2.31. The third-order valence-corrected chi connectivity index (χ3v) is 4.40. The van der Waals surface area contributed by atoms with E-state index in [0.29, 0.717) is 30.9 Å². The predicted molar refractivity (Wildman–Crippen MR) is 96.8 cm³/mol. The molecule has 0 aliphatic carbocycles. The maximum Gasteiger partial charge on any atom is 0.417 e. The fraction of sp³-hybridized carbons (Fsp3) is 0.316. The molecule has 1 atom stereocenters. The zero-order valence-corrected chi connectivity index (χ0v) is 14.9. The molecule has 3 rings (SSSR count). The van der Waals surface area contributed by atoms with E-state index < -0.39 is 11.7 Å². The van der Waals surface area contributed by atoms with Crippen LogP contribution in [0.4, 0.5) is 19.0 Å². The minimum atomic E-state index is -4.42. The second-order valence-corrected chi connectivity index (χ2v) is 6.45. The third-order valence-electron chi connectivity index (χ3n) is 4.40. The highest BCUT2D eigenvalue weighted by Crippen LogP contribution is 2.29. The molecule has 1 aromatic heterocycles. The van der Waals surface area contributed by atoms with Gasteiger partial charge in [0.15, 0.2) is 0 Å². The van der Waals surface area contributed by atoms with Crippen LogP contribution in [-0.4, -0.2) is 42.5 Å². The van der Waals surface area contributed by atoms with Crippen molar-refractivity contribution in [1.82, 2.24) is 15.6 Å². The zero-order valence-electron chi connectivity index (χ0n) is 14.9. The average Bonchev–Trinajstić information content (AvgIpc) is 3.14. The van der Waals surface area contributed by atoms with Gasteiger partial charge in [0.1, 0.15) is 5.82 Å². The van der Waals surface area contributed by atoms with Gasteiger partial charge < -0.3 is 15.5 Å². The Morgan fingerprint density at radius 2 is 1.89 bits per heavy atom. The number of hydrogen-bond donors (Lipinski definition) is 2. The van der Waals surface area contributed by atoms with E-state index in [1.807, 2.05) is 4.90 Å². The van der Waals surface area contributed by atoms with Gasteiger partial charge in [0, 0.05) is 30.9 Å². The van der Waals surface area contributed by atoms with Gasteiger partial charge in [-0.2, -0.15) is 13.2 Å². The van der Waals surface area contributed by atoms with Crippen LogP contribution in [0.15, 0.2) is 48.7 Å². The van der Waals surface area contributed by atoms with E-state index in [2.05, 4.69) is 15.6 Å². The molecule has 28 heavy (non-hydrogen) atoms. The Kier molecular flexibility index (Phi) is 5.81. The molecule has 0 bridgehead atoms. The minimum absolute atomic E-state index is 0.150. The number of carbonyl (C=O) groups is 2. The molecule has 1 aliphatic rings. The molecule has 6 nitrogen and oxygen atoms in total. The van der Waals surface area contributed by atoms with Crippen LogP contribution in [0.1, 0.15) is 22.3 Å². The van der Waals surface area contributed by atoms with Crippen molar-refractivity contribution in [2.24, 2.45) is 0 Å². The van der Waals surface area contributed by atoms with Gasteiger partial charge in [0.25, 0.3) is 5.91 Å². The van der Waals surface area contributed by atoms with Gasteiger partial charge in [-0.25, -0.2) is 4.98 Å². The quantitative estimate of drug-likeness (QED) is 0.819. The molecule has 1 aromatic carbocycles. The molecule has 2 aromatic rings. The smallest absolute Gasteiger partial charge is 0.354 e. The Hall–Kier alpha value is -3.10. The maximum absolute atomic E-state index is 12.6. The number of halogens is 3. The van der Waals surface area contributed by atoms with Crippen LogP contribution in [0.2, 0.25) is 0 Å². The summed E-state index contributed by atoms with van der Waals surface area (Å²) in [7, 11) is 0. The normalized spacial score (nSPS) is 16.7. The molecule has 1 unspecified atom stereocenters. The molecular weight excluding hydrogens is 373 g/mol. The van der Waals surface area contributed by atoms with Crippen LogP contribution in [0.5, 0.6) is 0 Å². The van der Waals surface area contributed by atoms with Gasteiger partial charge in [0.2, 0.25) is 5.91 Å². The molecule has 0 spiro atoms. The standard InChI is InChI=1S/C19H19F3N4O2/c20-19(21,22)14-6-7-16(23-10-14)26-9-8-15(12-26)25-17(27)11-24-18(28)13-4-2-1-3-5-13/h1-7,10,15H,8-9,11-12H2,(H,24,28)(H,25,27). The summed E-state index contributed by atoms with van der Waals surface area (Å²) in [4.78, 5) is 29.7. The fourth-order valence-corrected chi connectivity index (χ4v) is 2.96. The molecule has 0 radical (unpaired) electrons. The summed E-state index contributed by atoms with van der Waals surface area (Å²) < 4.78 is 37.8. The molecule has 0 saturated carbocycles. The third kappa shape index (κ3) is 4.99. The van der Waals surface area contributed by atoms with Crippen LogP contribution < -0.4 is 15.5 Å². The SMILES string of the molecule is O=C(CNC(=O)c1ccccc1)NC1CCN(c2ccc(C(F)(F)F)cn2)C1. The van der Waals surface area contributed by atoms with Crippen LogP contribution in [0, 0.1) is 0 Å². The lowest BCUT2D eigenvalue weighted by Gasteiger charge is -2.18. The number of nitrogens with zero attached hydrogens (tertiary/aromatic N) is 2. The van der Waals surface area contributed by atoms with E-state index in [0.717, 1.165) is 12.3 Å². The Balaban J connectivity index is 1.46. The number of carbonyl (C=O) groups excluding carboxylic acids is 2. The van der Waals surface area contributed by atoms with E-state index in [1.165, 1.54) is 6.07 Å². The van der Waals surface area contributed by atoms with Crippen molar-refractivity contribution >= 4 is 17.6 Å². The summed E-state index contributed by atoms with van der Waals surface area (Å²) in [5.74, 6) is -0.226. The van der Waals surface area contributed by atoms with Gasteiger partial charge >= 0.3 is 6.18 Å². The minimum Gasteiger partial charge on any atom is -0.354 e. The highest BCUT2D eigenvalue weighted by atomic mass is 19.4. The van der Waals surface area contributed by atoms with Crippen molar-refractivity contribution in [3.05, 3.63) is 59.8 Å². The largest absolute Gasteiger partial charge is 0.417 e. The van der Waals surface area contributed by atoms with Gasteiger partial charge in [0.05, 0.1) is 12.1 Å². The van der Waals surface area contributed by atoms with Gasteiger partial charge in [-0.3, -0.25) is 9.59 Å². The summed E-state index contributed by atoms with van der Waals surface area (Å²) in [5, 5.41) is 5.37. The molecular formula is C19H19F3N4O2. The lowest BCUT2D eigenvalue weighted by molar-refractivity contribution is -0.137. The molecule has 148 valence electrons. The highest BCUT2D eigenvalue weighted by molar-refractivity contribution is 5.96. The molecule has 1 aliphatic heterocycles. The van der Waals surface area contributed by atoms with Crippen LogP contribution in [0.25, 0.3) is 0 Å². The Morgan fingerprint density at radius 1 is 1.14 bits per heavy atom. The average molecular weight is 392 g/mol. The number of rotatable bonds is 5. The summed E-state index contributed by atoms with van der Waals surface area (Å²) in [6.45, 7) is 0.860. The molecule has 1 fully saturated rings. The fourth-order valence-electron chi connectivity index (χ4n) is 2.96. The number of alkyl halides is 3. The number of hydrogen-bond acceptors (Lipinski definition) is 4. The summed E-state index contributed by atoms with van der Waals surface area (Å²) in [5.41, 5.74) is -0.329. The van der Waals surface area contributed by atoms with E-state index >= 15 is 0 Å². The zero-order chi connectivity index (χ0) is 20.1. The van der Waals surface area contributed by atoms with Gasteiger partial charge in [-0.15, -0.1) is 0 Å².